The lowest BCUT2D eigenvalue weighted by Gasteiger charge is -2.52. The summed E-state index contributed by atoms with van der Waals surface area (Å²) in [7, 11) is -1.81. The summed E-state index contributed by atoms with van der Waals surface area (Å²) in [5, 5.41) is 7.67. The number of anilines is 1. The minimum Gasteiger partial charge on any atom is -0.443 e. The van der Waals surface area contributed by atoms with Crippen molar-refractivity contribution in [2.75, 3.05) is 11.9 Å². The fraction of sp³-hybridized carbons (Fsp3) is 0.405. The minimum absolute atomic E-state index is 0.0281. The predicted molar refractivity (Wildman–Crippen MR) is 214 cm³/mol. The summed E-state index contributed by atoms with van der Waals surface area (Å²) in [6.45, 7) is 12.5. The quantitative estimate of drug-likeness (QED) is 0.0797. The Kier molecular flexibility index (Phi) is 14.5. The lowest BCUT2D eigenvalue weighted by atomic mass is 9.67. The highest BCUT2D eigenvalue weighted by Gasteiger charge is 2.64. The Balaban J connectivity index is 1.69. The molecule has 3 N–H and O–H groups in total. The van der Waals surface area contributed by atoms with E-state index in [4.69, 9.17) is 9.16 Å². The van der Waals surface area contributed by atoms with E-state index < -0.39 is 68.0 Å². The number of halogens is 2. The maximum Gasteiger partial charge on any atom is 0.412 e. The number of hydrogen-bond acceptors (Lipinski definition) is 7. The van der Waals surface area contributed by atoms with E-state index in [9.17, 15) is 19.2 Å². The Morgan fingerprint density at radius 2 is 1.54 bits per heavy atom. The Bertz CT molecular complexity index is 2020. The van der Waals surface area contributed by atoms with Crippen LogP contribution in [0.4, 0.5) is 19.3 Å². The second kappa shape index (κ2) is 18.6. The van der Waals surface area contributed by atoms with E-state index in [1.165, 1.54) is 6.07 Å². The summed E-state index contributed by atoms with van der Waals surface area (Å²) in [5.74, 6) is -8.95. The van der Waals surface area contributed by atoms with Gasteiger partial charge in [0.05, 0.1) is 17.3 Å². The Labute approximate surface area is 329 Å². The number of rotatable bonds is 16. The number of amides is 3. The number of ether oxygens (including phenoxy) is 1. The number of nitrogens with one attached hydrogen (secondary N) is 3. The van der Waals surface area contributed by atoms with Gasteiger partial charge in [-0.05, 0) is 67.2 Å². The SMILES string of the molecule is Cc1cccc(COC(=O)Nc2ccc(-c3ccccc3)n(CC(=O)NC(O[Si](C)C)(C(C)C)C(C(C)(C)C)C(F)(F)C(=O)NCCc3ccccc3)c2=O)n1. The van der Waals surface area contributed by atoms with Crippen molar-refractivity contribution in [1.82, 2.24) is 20.2 Å². The van der Waals surface area contributed by atoms with E-state index in [0.717, 1.165) is 15.8 Å². The highest BCUT2D eigenvalue weighted by Crippen LogP contribution is 2.49. The van der Waals surface area contributed by atoms with Crippen molar-refractivity contribution in [1.29, 1.82) is 0 Å². The lowest BCUT2D eigenvalue weighted by molar-refractivity contribution is -0.210. The van der Waals surface area contributed by atoms with Gasteiger partial charge >= 0.3 is 12.0 Å². The molecule has 56 heavy (non-hydrogen) atoms. The van der Waals surface area contributed by atoms with E-state index in [-0.39, 0.29) is 18.8 Å². The van der Waals surface area contributed by atoms with Gasteiger partial charge in [0, 0.05) is 18.2 Å². The second-order valence-corrected chi connectivity index (χ2v) is 17.3. The van der Waals surface area contributed by atoms with Crippen molar-refractivity contribution >= 4 is 32.6 Å². The number of alkyl halides is 2. The first-order valence-corrected chi connectivity index (χ1v) is 20.9. The molecule has 4 rings (SSSR count). The van der Waals surface area contributed by atoms with Gasteiger partial charge in [0.25, 0.3) is 11.5 Å². The van der Waals surface area contributed by atoms with Crippen LogP contribution in [0.25, 0.3) is 11.3 Å². The molecule has 0 spiro atoms. The summed E-state index contributed by atoms with van der Waals surface area (Å²) in [6.07, 6.45) is -0.574. The average molecular weight is 789 g/mol. The number of aryl methyl sites for hydroxylation is 1. The number of benzene rings is 2. The van der Waals surface area contributed by atoms with Crippen molar-refractivity contribution in [3.8, 4) is 11.3 Å². The van der Waals surface area contributed by atoms with E-state index >= 15 is 8.78 Å². The van der Waals surface area contributed by atoms with Crippen LogP contribution in [0.1, 0.15) is 51.6 Å². The molecule has 4 aromatic rings. The standard InChI is InChI=1S/C42H52F2N5O6Si/c1-28(2)42(55-56(7)8,37(40(4,5)6)41(43,44)38(52)45-25-24-30-17-11-9-12-18-30)48-35(50)26-49-34(31-19-13-10-14-20-31)23-22-33(36(49)51)47-39(53)54-27-32-21-15-16-29(3)46-32/h9-23,28,37H,24-27H2,1-8H3,(H,45,52)(H,47,53)(H,48,50). The van der Waals surface area contributed by atoms with Crippen LogP contribution < -0.4 is 21.5 Å². The second-order valence-electron chi connectivity index (χ2n) is 15.3. The molecule has 3 amide bonds. The number of aromatic nitrogens is 2. The van der Waals surface area contributed by atoms with Gasteiger partial charge in [0.15, 0.2) is 0 Å². The third-order valence-corrected chi connectivity index (χ3v) is 9.89. The summed E-state index contributed by atoms with van der Waals surface area (Å²) in [5.41, 5.74) is -1.23. The molecule has 0 saturated heterocycles. The smallest absolute Gasteiger partial charge is 0.412 e. The predicted octanol–water partition coefficient (Wildman–Crippen LogP) is 7.36. The molecule has 2 atom stereocenters. The molecular weight excluding hydrogens is 737 g/mol. The van der Waals surface area contributed by atoms with E-state index in [1.807, 2.05) is 30.3 Å². The first kappa shape index (κ1) is 43.5. The van der Waals surface area contributed by atoms with Crippen LogP contribution in [-0.2, 0) is 38.3 Å². The van der Waals surface area contributed by atoms with Crippen LogP contribution in [0.3, 0.4) is 0 Å². The molecule has 299 valence electrons. The van der Waals surface area contributed by atoms with Crippen molar-refractivity contribution in [2.45, 2.75) is 85.9 Å². The van der Waals surface area contributed by atoms with E-state index in [1.54, 1.807) is 109 Å². The molecule has 0 bridgehead atoms. The molecular formula is C42H52F2N5O6Si. The average Bonchev–Trinajstić information content (AvgIpc) is 3.12. The van der Waals surface area contributed by atoms with Gasteiger partial charge in [-0.1, -0.05) is 101 Å². The maximum atomic E-state index is 16.9. The Morgan fingerprint density at radius 1 is 0.893 bits per heavy atom. The van der Waals surface area contributed by atoms with Crippen LogP contribution in [0, 0.1) is 24.2 Å². The van der Waals surface area contributed by atoms with E-state index in [2.05, 4.69) is 20.9 Å². The van der Waals surface area contributed by atoms with Gasteiger partial charge in [-0.15, -0.1) is 0 Å². The first-order valence-electron chi connectivity index (χ1n) is 18.5. The van der Waals surface area contributed by atoms with Crippen molar-refractivity contribution in [3.05, 3.63) is 118 Å². The monoisotopic (exact) mass is 788 g/mol. The molecule has 2 aromatic heterocycles. The van der Waals surface area contributed by atoms with Gasteiger partial charge in [-0.25, -0.2) is 4.79 Å². The number of carbonyl (C=O) groups excluding carboxylic acids is 3. The normalized spacial score (nSPS) is 13.5. The number of hydrogen-bond donors (Lipinski definition) is 3. The summed E-state index contributed by atoms with van der Waals surface area (Å²) in [4.78, 5) is 59.0. The molecule has 1 radical (unpaired) electrons. The molecule has 0 aliphatic carbocycles. The fourth-order valence-corrected chi connectivity index (χ4v) is 7.90. The molecule has 2 heterocycles. The number of carbonyl (C=O) groups is 3. The topological polar surface area (TPSA) is 141 Å². The van der Waals surface area contributed by atoms with Gasteiger partial charge < -0.3 is 19.8 Å². The molecule has 11 nitrogen and oxygen atoms in total. The zero-order chi connectivity index (χ0) is 41.3. The molecule has 0 aliphatic heterocycles. The number of pyridine rings is 2. The molecule has 0 saturated carbocycles. The van der Waals surface area contributed by atoms with Crippen LogP contribution in [0.15, 0.2) is 95.8 Å². The summed E-state index contributed by atoms with van der Waals surface area (Å²) in [6, 6.07) is 26.3. The van der Waals surface area contributed by atoms with Gasteiger partial charge in [-0.2, -0.15) is 8.78 Å². The molecule has 0 aliphatic rings. The maximum absolute atomic E-state index is 16.9. The Morgan fingerprint density at radius 3 is 2.12 bits per heavy atom. The lowest BCUT2D eigenvalue weighted by Crippen LogP contribution is -2.70. The molecule has 0 fully saturated rings. The van der Waals surface area contributed by atoms with Gasteiger partial charge in [0.2, 0.25) is 14.9 Å². The summed E-state index contributed by atoms with van der Waals surface area (Å²) < 4.78 is 46.6. The van der Waals surface area contributed by atoms with Crippen LogP contribution in [-0.4, -0.2) is 54.7 Å². The van der Waals surface area contributed by atoms with E-state index in [0.29, 0.717) is 23.4 Å². The minimum atomic E-state index is -4.02. The first-order chi connectivity index (χ1) is 26.3. The highest BCUT2D eigenvalue weighted by atomic mass is 28.3. The zero-order valence-corrected chi connectivity index (χ0v) is 34.2. The van der Waals surface area contributed by atoms with Crippen LogP contribution in [0.5, 0.6) is 0 Å². The largest absolute Gasteiger partial charge is 0.443 e. The Hall–Kier alpha value is -5.21. The highest BCUT2D eigenvalue weighted by molar-refractivity contribution is 6.48. The van der Waals surface area contributed by atoms with Crippen molar-refractivity contribution in [3.63, 3.8) is 0 Å². The van der Waals surface area contributed by atoms with Gasteiger partial charge in [-0.3, -0.25) is 29.3 Å². The van der Waals surface area contributed by atoms with Crippen molar-refractivity contribution < 1.29 is 32.3 Å². The third kappa shape index (κ3) is 11.0. The molecule has 2 aromatic carbocycles. The van der Waals surface area contributed by atoms with Crippen LogP contribution >= 0.6 is 0 Å². The molecule has 2 unspecified atom stereocenters. The molecule has 14 heteroatoms. The fourth-order valence-electron chi connectivity index (χ4n) is 6.82. The third-order valence-electron chi connectivity index (χ3n) is 9.15. The summed E-state index contributed by atoms with van der Waals surface area (Å²) >= 11 is 0. The van der Waals surface area contributed by atoms with Gasteiger partial charge in [0.1, 0.15) is 24.6 Å². The number of nitrogens with zero attached hydrogens (tertiary/aromatic N) is 2. The zero-order valence-electron chi connectivity index (χ0n) is 33.2. The van der Waals surface area contributed by atoms with Crippen molar-refractivity contribution in [2.24, 2.45) is 17.3 Å². The van der Waals surface area contributed by atoms with Crippen LogP contribution in [0.2, 0.25) is 13.1 Å².